The molecule has 0 aliphatic carbocycles. The normalized spacial score (nSPS) is 28.1. The fraction of sp³-hybridized carbons (Fsp3) is 0.438. The molecule has 3 rings (SSSR count). The highest BCUT2D eigenvalue weighted by Gasteiger charge is 2.41. The first-order chi connectivity index (χ1) is 9.25. The van der Waals surface area contributed by atoms with Crippen molar-refractivity contribution in [3.8, 4) is 0 Å². The third kappa shape index (κ3) is 2.43. The van der Waals surface area contributed by atoms with Gasteiger partial charge in [0.2, 0.25) is 5.91 Å². The highest BCUT2D eigenvalue weighted by Crippen LogP contribution is 2.27. The highest BCUT2D eigenvalue weighted by atomic mass is 16.2. The van der Waals surface area contributed by atoms with Crippen molar-refractivity contribution in [2.75, 3.05) is 6.54 Å². The van der Waals surface area contributed by atoms with E-state index in [1.54, 1.807) is 0 Å². The van der Waals surface area contributed by atoms with E-state index in [2.05, 4.69) is 35.3 Å². The molecule has 2 aliphatic heterocycles. The van der Waals surface area contributed by atoms with Crippen LogP contribution in [0.1, 0.15) is 31.7 Å². The summed E-state index contributed by atoms with van der Waals surface area (Å²) in [6.45, 7) is 3.13. The summed E-state index contributed by atoms with van der Waals surface area (Å²) in [4.78, 5) is 14.3. The molecule has 100 valence electrons. The zero-order valence-electron chi connectivity index (χ0n) is 11.3. The number of piperidine rings is 1. The molecule has 3 nitrogen and oxygen atoms in total. The van der Waals surface area contributed by atoms with E-state index in [0.29, 0.717) is 0 Å². The second kappa shape index (κ2) is 5.17. The number of nitrogens with zero attached hydrogens (tertiary/aromatic N) is 1. The van der Waals surface area contributed by atoms with Crippen LogP contribution in [0.2, 0.25) is 0 Å². The minimum Gasteiger partial charge on any atom is -0.335 e. The van der Waals surface area contributed by atoms with Gasteiger partial charge in [0.25, 0.3) is 0 Å². The molecule has 1 aromatic carbocycles. The third-order valence-corrected chi connectivity index (χ3v) is 4.08. The first-order valence-corrected chi connectivity index (χ1v) is 7.05. The van der Waals surface area contributed by atoms with Crippen molar-refractivity contribution >= 4 is 12.0 Å². The molecule has 19 heavy (non-hydrogen) atoms. The molecular weight excluding hydrogens is 236 g/mol. The molecule has 2 saturated heterocycles. The van der Waals surface area contributed by atoms with E-state index in [-0.39, 0.29) is 18.1 Å². The first-order valence-electron chi connectivity index (χ1n) is 7.05. The zero-order valence-corrected chi connectivity index (χ0v) is 11.3. The number of hydrogen-bond acceptors (Lipinski definition) is 2. The molecule has 2 atom stereocenters. The van der Waals surface area contributed by atoms with Crippen molar-refractivity contribution in [3.63, 3.8) is 0 Å². The smallest absolute Gasteiger partial charge is 0.238 e. The SMILES string of the molecule is C/C(=C/c1ccccc1)C1NC(=O)C2CCCCN21. The minimum absolute atomic E-state index is 0.0815. The van der Waals surface area contributed by atoms with Gasteiger partial charge in [-0.1, -0.05) is 42.8 Å². The summed E-state index contributed by atoms with van der Waals surface area (Å²) >= 11 is 0. The van der Waals surface area contributed by atoms with Gasteiger partial charge >= 0.3 is 0 Å². The molecule has 1 N–H and O–H groups in total. The van der Waals surface area contributed by atoms with Crippen molar-refractivity contribution < 1.29 is 4.79 Å². The van der Waals surface area contributed by atoms with E-state index >= 15 is 0 Å². The van der Waals surface area contributed by atoms with Crippen molar-refractivity contribution in [2.24, 2.45) is 0 Å². The maximum atomic E-state index is 12.0. The molecule has 1 aromatic rings. The number of nitrogens with one attached hydrogen (secondary N) is 1. The lowest BCUT2D eigenvalue weighted by Crippen LogP contribution is -2.42. The van der Waals surface area contributed by atoms with Gasteiger partial charge in [-0.05, 0) is 30.9 Å². The summed E-state index contributed by atoms with van der Waals surface area (Å²) < 4.78 is 0. The molecular formula is C16H20N2O. The number of rotatable bonds is 2. The van der Waals surface area contributed by atoms with Gasteiger partial charge in [-0.15, -0.1) is 0 Å². The maximum Gasteiger partial charge on any atom is 0.238 e. The Kier molecular flexibility index (Phi) is 3.38. The highest BCUT2D eigenvalue weighted by molar-refractivity contribution is 5.85. The summed E-state index contributed by atoms with van der Waals surface area (Å²) in [6.07, 6.45) is 5.62. The molecule has 0 aromatic heterocycles. The number of benzene rings is 1. The van der Waals surface area contributed by atoms with Gasteiger partial charge in [0.15, 0.2) is 0 Å². The summed E-state index contributed by atoms with van der Waals surface area (Å²) in [5.74, 6) is 0.200. The number of hydrogen-bond donors (Lipinski definition) is 1. The van der Waals surface area contributed by atoms with Gasteiger partial charge in [0, 0.05) is 6.54 Å². The fourth-order valence-corrected chi connectivity index (χ4v) is 3.12. The molecule has 2 heterocycles. The van der Waals surface area contributed by atoms with Gasteiger partial charge in [-0.3, -0.25) is 9.69 Å². The van der Waals surface area contributed by atoms with E-state index in [1.807, 2.05) is 18.2 Å². The second-order valence-electron chi connectivity index (χ2n) is 5.46. The molecule has 1 amide bonds. The number of carbonyl (C=O) groups excluding carboxylic acids is 1. The zero-order chi connectivity index (χ0) is 13.2. The Balaban J connectivity index is 1.82. The van der Waals surface area contributed by atoms with E-state index < -0.39 is 0 Å². The average molecular weight is 256 g/mol. The Hall–Kier alpha value is -1.61. The third-order valence-electron chi connectivity index (χ3n) is 4.08. The summed E-state index contributed by atoms with van der Waals surface area (Å²) in [5.41, 5.74) is 2.40. The van der Waals surface area contributed by atoms with E-state index in [9.17, 15) is 4.79 Å². The lowest BCUT2D eigenvalue weighted by molar-refractivity contribution is -0.122. The lowest BCUT2D eigenvalue weighted by atomic mass is 10.0. The van der Waals surface area contributed by atoms with Crippen LogP contribution in [0.25, 0.3) is 6.08 Å². The summed E-state index contributed by atoms with van der Waals surface area (Å²) in [6, 6.07) is 10.4. The van der Waals surface area contributed by atoms with Crippen molar-refractivity contribution in [2.45, 2.75) is 38.4 Å². The number of fused-ring (bicyclic) bond motifs is 1. The Bertz CT molecular complexity index is 495. The van der Waals surface area contributed by atoms with Crippen LogP contribution in [0.4, 0.5) is 0 Å². The van der Waals surface area contributed by atoms with Gasteiger partial charge in [-0.2, -0.15) is 0 Å². The maximum absolute atomic E-state index is 12.0. The minimum atomic E-state index is 0.0815. The van der Waals surface area contributed by atoms with Crippen LogP contribution in [-0.2, 0) is 4.79 Å². The second-order valence-corrected chi connectivity index (χ2v) is 5.46. The quantitative estimate of drug-likeness (QED) is 0.881. The van der Waals surface area contributed by atoms with Gasteiger partial charge in [0.05, 0.1) is 6.04 Å². The van der Waals surface area contributed by atoms with Crippen molar-refractivity contribution in [1.82, 2.24) is 10.2 Å². The predicted molar refractivity (Wildman–Crippen MR) is 76.4 cm³/mol. The summed E-state index contributed by atoms with van der Waals surface area (Å²) in [7, 11) is 0. The number of carbonyl (C=O) groups is 1. The van der Waals surface area contributed by atoms with Crippen molar-refractivity contribution in [1.29, 1.82) is 0 Å². The van der Waals surface area contributed by atoms with Crippen LogP contribution in [0, 0.1) is 0 Å². The molecule has 0 saturated carbocycles. The van der Waals surface area contributed by atoms with Crippen LogP contribution < -0.4 is 5.32 Å². The standard InChI is InChI=1S/C16H20N2O/c1-12(11-13-7-3-2-4-8-13)15-17-16(19)14-9-5-6-10-18(14)15/h2-4,7-8,11,14-15H,5-6,9-10H2,1H3,(H,17,19)/b12-11-. The molecule has 2 fully saturated rings. The van der Waals surface area contributed by atoms with E-state index in [0.717, 1.165) is 13.0 Å². The molecule has 0 spiro atoms. The molecule has 2 aliphatic rings. The summed E-state index contributed by atoms with van der Waals surface area (Å²) in [5, 5.41) is 3.13. The van der Waals surface area contributed by atoms with Gasteiger partial charge in [-0.25, -0.2) is 0 Å². The lowest BCUT2D eigenvalue weighted by Gasteiger charge is -2.31. The van der Waals surface area contributed by atoms with E-state index in [1.165, 1.54) is 24.0 Å². The number of amides is 1. The van der Waals surface area contributed by atoms with Gasteiger partial charge in [0.1, 0.15) is 6.17 Å². The van der Waals surface area contributed by atoms with Crippen LogP contribution in [0.5, 0.6) is 0 Å². The largest absolute Gasteiger partial charge is 0.335 e. The monoisotopic (exact) mass is 256 g/mol. The fourth-order valence-electron chi connectivity index (χ4n) is 3.12. The first kappa shape index (κ1) is 12.4. The van der Waals surface area contributed by atoms with Crippen LogP contribution >= 0.6 is 0 Å². The topological polar surface area (TPSA) is 32.3 Å². The predicted octanol–water partition coefficient (Wildman–Crippen LogP) is 2.40. The molecule has 2 unspecified atom stereocenters. The Morgan fingerprint density at radius 2 is 2.11 bits per heavy atom. The molecule has 0 bridgehead atoms. The molecule has 0 radical (unpaired) electrons. The van der Waals surface area contributed by atoms with Gasteiger partial charge < -0.3 is 5.32 Å². The molecule has 3 heteroatoms. The van der Waals surface area contributed by atoms with Crippen LogP contribution in [0.3, 0.4) is 0 Å². The Morgan fingerprint density at radius 1 is 1.32 bits per heavy atom. The van der Waals surface area contributed by atoms with Crippen LogP contribution in [0.15, 0.2) is 35.9 Å². The van der Waals surface area contributed by atoms with Crippen molar-refractivity contribution in [3.05, 3.63) is 41.5 Å². The Morgan fingerprint density at radius 3 is 2.89 bits per heavy atom. The average Bonchev–Trinajstić information content (AvgIpc) is 2.78. The Labute approximate surface area is 114 Å². The van der Waals surface area contributed by atoms with E-state index in [4.69, 9.17) is 0 Å². The van der Waals surface area contributed by atoms with Crippen LogP contribution in [-0.4, -0.2) is 29.6 Å².